The lowest BCUT2D eigenvalue weighted by Gasteiger charge is -2.07. The van der Waals surface area contributed by atoms with Gasteiger partial charge in [-0.05, 0) is 31.5 Å². The Kier molecular flexibility index (Phi) is 4.88. The van der Waals surface area contributed by atoms with Gasteiger partial charge in [-0.1, -0.05) is 11.2 Å². The summed E-state index contributed by atoms with van der Waals surface area (Å²) in [6.07, 6.45) is 0. The van der Waals surface area contributed by atoms with Crippen molar-refractivity contribution in [3.05, 3.63) is 52.7 Å². The van der Waals surface area contributed by atoms with E-state index in [0.29, 0.717) is 11.3 Å². The SMILES string of the molecule is Cc1cc(C(=O)NCCNC(=O)c2ccc(C)c(F)c2)no1. The molecule has 0 unspecified atom stereocenters. The largest absolute Gasteiger partial charge is 0.361 e. The van der Waals surface area contributed by atoms with Crippen LogP contribution in [0.5, 0.6) is 0 Å². The highest BCUT2D eigenvalue weighted by Gasteiger charge is 2.11. The highest BCUT2D eigenvalue weighted by molar-refractivity contribution is 5.94. The van der Waals surface area contributed by atoms with Gasteiger partial charge in [0.2, 0.25) is 0 Å². The zero-order chi connectivity index (χ0) is 16.1. The first-order valence-corrected chi connectivity index (χ1v) is 6.73. The third-order valence-corrected chi connectivity index (χ3v) is 2.99. The number of halogens is 1. The Labute approximate surface area is 126 Å². The number of nitrogens with one attached hydrogen (secondary N) is 2. The minimum absolute atomic E-state index is 0.185. The van der Waals surface area contributed by atoms with Crippen LogP contribution in [0.1, 0.15) is 32.2 Å². The number of benzene rings is 1. The lowest BCUT2D eigenvalue weighted by Crippen LogP contribution is -2.34. The van der Waals surface area contributed by atoms with Crippen molar-refractivity contribution in [3.63, 3.8) is 0 Å². The Morgan fingerprint density at radius 2 is 1.82 bits per heavy atom. The van der Waals surface area contributed by atoms with Crippen molar-refractivity contribution in [2.75, 3.05) is 13.1 Å². The molecule has 2 aromatic rings. The molecule has 1 aromatic carbocycles. The second-order valence-corrected chi connectivity index (χ2v) is 4.80. The van der Waals surface area contributed by atoms with Crippen LogP contribution >= 0.6 is 0 Å². The van der Waals surface area contributed by atoms with Gasteiger partial charge < -0.3 is 15.2 Å². The van der Waals surface area contributed by atoms with E-state index in [4.69, 9.17) is 4.52 Å². The first-order valence-electron chi connectivity index (χ1n) is 6.73. The maximum absolute atomic E-state index is 13.4. The predicted octanol–water partition coefficient (Wildman–Crippen LogP) is 1.59. The number of carbonyl (C=O) groups excluding carboxylic acids is 2. The fourth-order valence-electron chi connectivity index (χ4n) is 1.75. The first-order chi connectivity index (χ1) is 10.5. The molecule has 0 aliphatic rings. The van der Waals surface area contributed by atoms with Crippen LogP contribution in [0.2, 0.25) is 0 Å². The van der Waals surface area contributed by atoms with E-state index in [0.717, 1.165) is 0 Å². The lowest BCUT2D eigenvalue weighted by atomic mass is 10.1. The number of nitrogens with zero attached hydrogens (tertiary/aromatic N) is 1. The van der Waals surface area contributed by atoms with Gasteiger partial charge in [0, 0.05) is 24.7 Å². The molecule has 0 aliphatic heterocycles. The summed E-state index contributed by atoms with van der Waals surface area (Å²) in [5.41, 5.74) is 0.901. The maximum Gasteiger partial charge on any atom is 0.273 e. The van der Waals surface area contributed by atoms with E-state index in [2.05, 4.69) is 15.8 Å². The van der Waals surface area contributed by atoms with Crippen LogP contribution in [-0.4, -0.2) is 30.1 Å². The molecule has 2 rings (SSSR count). The van der Waals surface area contributed by atoms with Crippen LogP contribution in [-0.2, 0) is 0 Å². The number of aromatic nitrogens is 1. The summed E-state index contributed by atoms with van der Waals surface area (Å²) in [5.74, 6) is -0.667. The number of aryl methyl sites for hydroxylation is 2. The Morgan fingerprint density at radius 3 is 2.41 bits per heavy atom. The molecule has 0 atom stereocenters. The van der Waals surface area contributed by atoms with Crippen LogP contribution in [0.25, 0.3) is 0 Å². The molecule has 116 valence electrons. The van der Waals surface area contributed by atoms with Gasteiger partial charge in [-0.15, -0.1) is 0 Å². The zero-order valence-electron chi connectivity index (χ0n) is 12.3. The van der Waals surface area contributed by atoms with Crippen LogP contribution in [0, 0.1) is 19.7 Å². The van der Waals surface area contributed by atoms with Gasteiger partial charge in [0.25, 0.3) is 11.8 Å². The summed E-state index contributed by atoms with van der Waals surface area (Å²) >= 11 is 0. The molecule has 1 heterocycles. The lowest BCUT2D eigenvalue weighted by molar-refractivity contribution is 0.0922. The van der Waals surface area contributed by atoms with E-state index in [9.17, 15) is 14.0 Å². The Balaban J connectivity index is 1.77. The van der Waals surface area contributed by atoms with Crippen molar-refractivity contribution >= 4 is 11.8 Å². The van der Waals surface area contributed by atoms with Gasteiger partial charge in [0.1, 0.15) is 11.6 Å². The Morgan fingerprint density at radius 1 is 1.14 bits per heavy atom. The van der Waals surface area contributed by atoms with Gasteiger partial charge >= 0.3 is 0 Å². The molecule has 7 heteroatoms. The fourth-order valence-corrected chi connectivity index (χ4v) is 1.75. The number of amides is 2. The predicted molar refractivity (Wildman–Crippen MR) is 77.0 cm³/mol. The van der Waals surface area contributed by atoms with Gasteiger partial charge in [-0.3, -0.25) is 9.59 Å². The standard InChI is InChI=1S/C15H16FN3O3/c1-9-3-4-11(8-12(9)16)14(20)17-5-6-18-15(21)13-7-10(2)22-19-13/h3-4,7-8H,5-6H2,1-2H3,(H,17,20)(H,18,21). The summed E-state index contributed by atoms with van der Waals surface area (Å²) in [6, 6.07) is 5.79. The minimum atomic E-state index is -0.428. The summed E-state index contributed by atoms with van der Waals surface area (Å²) < 4.78 is 18.2. The van der Waals surface area contributed by atoms with E-state index in [-0.39, 0.29) is 30.3 Å². The van der Waals surface area contributed by atoms with Gasteiger partial charge in [-0.25, -0.2) is 4.39 Å². The molecule has 2 amide bonds. The highest BCUT2D eigenvalue weighted by atomic mass is 19.1. The minimum Gasteiger partial charge on any atom is -0.361 e. The summed E-state index contributed by atoms with van der Waals surface area (Å²) in [6.45, 7) is 3.75. The number of rotatable bonds is 5. The molecule has 0 saturated carbocycles. The van der Waals surface area contributed by atoms with Crippen molar-refractivity contribution in [3.8, 4) is 0 Å². The average Bonchev–Trinajstić information content (AvgIpc) is 2.92. The van der Waals surface area contributed by atoms with E-state index in [1.807, 2.05) is 0 Å². The van der Waals surface area contributed by atoms with Crippen molar-refractivity contribution < 1.29 is 18.5 Å². The fraction of sp³-hybridized carbons (Fsp3) is 0.267. The Hall–Kier alpha value is -2.70. The molecular formula is C15H16FN3O3. The molecule has 1 aromatic heterocycles. The molecular weight excluding hydrogens is 289 g/mol. The molecule has 0 aliphatic carbocycles. The van der Waals surface area contributed by atoms with Crippen LogP contribution in [0.15, 0.2) is 28.8 Å². The third-order valence-electron chi connectivity index (χ3n) is 2.99. The average molecular weight is 305 g/mol. The van der Waals surface area contributed by atoms with Gasteiger partial charge in [0.15, 0.2) is 5.69 Å². The highest BCUT2D eigenvalue weighted by Crippen LogP contribution is 2.08. The Bertz CT molecular complexity index is 697. The molecule has 22 heavy (non-hydrogen) atoms. The van der Waals surface area contributed by atoms with E-state index < -0.39 is 11.7 Å². The zero-order valence-corrected chi connectivity index (χ0v) is 12.3. The normalized spacial score (nSPS) is 10.3. The smallest absolute Gasteiger partial charge is 0.273 e. The molecule has 0 bridgehead atoms. The maximum atomic E-state index is 13.4. The van der Waals surface area contributed by atoms with Gasteiger partial charge in [-0.2, -0.15) is 0 Å². The summed E-state index contributed by atoms with van der Waals surface area (Å²) in [7, 11) is 0. The molecule has 0 spiro atoms. The van der Waals surface area contributed by atoms with Crippen LogP contribution in [0.4, 0.5) is 4.39 Å². The number of hydrogen-bond donors (Lipinski definition) is 2. The van der Waals surface area contributed by atoms with Gasteiger partial charge in [0.05, 0.1) is 0 Å². The molecule has 2 N–H and O–H groups in total. The molecule has 0 saturated heterocycles. The quantitative estimate of drug-likeness (QED) is 0.822. The van der Waals surface area contributed by atoms with E-state index in [1.165, 1.54) is 12.1 Å². The third kappa shape index (κ3) is 3.91. The molecule has 0 fully saturated rings. The summed E-state index contributed by atoms with van der Waals surface area (Å²) in [4.78, 5) is 23.5. The van der Waals surface area contributed by atoms with Crippen molar-refractivity contribution in [1.29, 1.82) is 0 Å². The topological polar surface area (TPSA) is 84.2 Å². The van der Waals surface area contributed by atoms with Crippen LogP contribution in [0.3, 0.4) is 0 Å². The van der Waals surface area contributed by atoms with Crippen LogP contribution < -0.4 is 10.6 Å². The second kappa shape index (κ2) is 6.84. The van der Waals surface area contributed by atoms with Crippen molar-refractivity contribution in [1.82, 2.24) is 15.8 Å². The molecule has 0 radical (unpaired) electrons. The number of hydrogen-bond acceptors (Lipinski definition) is 4. The molecule has 6 nitrogen and oxygen atoms in total. The van der Waals surface area contributed by atoms with Crippen molar-refractivity contribution in [2.45, 2.75) is 13.8 Å². The summed E-state index contributed by atoms with van der Waals surface area (Å²) in [5, 5.41) is 8.76. The van der Waals surface area contributed by atoms with E-state index >= 15 is 0 Å². The van der Waals surface area contributed by atoms with E-state index in [1.54, 1.807) is 26.0 Å². The second-order valence-electron chi connectivity index (χ2n) is 4.80. The number of carbonyl (C=O) groups is 2. The monoisotopic (exact) mass is 305 g/mol. The first kappa shape index (κ1) is 15.7. The van der Waals surface area contributed by atoms with Crippen molar-refractivity contribution in [2.24, 2.45) is 0 Å².